The fraction of sp³-hybridized carbons (Fsp3) is 0.611. The van der Waals surface area contributed by atoms with Crippen LogP contribution in [0, 0.1) is 5.41 Å². The first-order valence-electron chi connectivity index (χ1n) is 8.72. The van der Waals surface area contributed by atoms with Gasteiger partial charge in [0.05, 0.1) is 17.1 Å². The molecule has 1 amide bonds. The number of carbonyl (C=O) groups excluding carboxylic acids is 1. The van der Waals surface area contributed by atoms with Crippen LogP contribution in [0.1, 0.15) is 45.6 Å². The van der Waals surface area contributed by atoms with Crippen molar-refractivity contribution in [3.8, 4) is 0 Å². The van der Waals surface area contributed by atoms with Crippen LogP contribution in [0.25, 0.3) is 0 Å². The van der Waals surface area contributed by atoms with E-state index in [-0.39, 0.29) is 22.5 Å². The fourth-order valence-electron chi connectivity index (χ4n) is 3.89. The normalized spacial score (nSPS) is 26.8. The largest absolute Gasteiger partial charge is 0.444 e. The van der Waals surface area contributed by atoms with Gasteiger partial charge in [0, 0.05) is 11.0 Å². The van der Waals surface area contributed by atoms with E-state index in [9.17, 15) is 26.4 Å². The highest BCUT2D eigenvalue weighted by molar-refractivity contribution is 7.86. The summed E-state index contributed by atoms with van der Waals surface area (Å²) in [6.45, 7) is 5.20. The minimum Gasteiger partial charge on any atom is -0.444 e. The molecule has 3 aliphatic rings. The summed E-state index contributed by atoms with van der Waals surface area (Å²) >= 11 is 0. The van der Waals surface area contributed by atoms with Crippen LogP contribution < -0.4 is 5.32 Å². The summed E-state index contributed by atoms with van der Waals surface area (Å²) in [6, 6.07) is 3.17. The summed E-state index contributed by atoms with van der Waals surface area (Å²) in [5, 5.41) is 2.82. The molecule has 3 fully saturated rings. The van der Waals surface area contributed by atoms with E-state index in [1.54, 1.807) is 20.8 Å². The average molecular weight is 421 g/mol. The summed E-state index contributed by atoms with van der Waals surface area (Å²) in [4.78, 5) is 11.5. The minimum absolute atomic E-state index is 0.0753. The van der Waals surface area contributed by atoms with Crippen LogP contribution in [0.3, 0.4) is 0 Å². The molecular formula is C18H22F3NO5S. The fourth-order valence-corrected chi connectivity index (χ4v) is 4.90. The summed E-state index contributed by atoms with van der Waals surface area (Å²) in [6.07, 6.45) is -3.34. The molecule has 4 rings (SSSR count). The Morgan fingerprint density at radius 2 is 1.64 bits per heavy atom. The lowest BCUT2D eigenvalue weighted by Gasteiger charge is -2.70. The van der Waals surface area contributed by atoms with Crippen LogP contribution in [0.5, 0.6) is 0 Å². The van der Waals surface area contributed by atoms with E-state index < -0.39 is 33.6 Å². The van der Waals surface area contributed by atoms with Crippen molar-refractivity contribution in [1.82, 2.24) is 5.32 Å². The third-order valence-corrected chi connectivity index (χ3v) is 6.17. The zero-order valence-corrected chi connectivity index (χ0v) is 16.5. The van der Waals surface area contributed by atoms with Crippen molar-refractivity contribution in [2.24, 2.45) is 5.41 Å². The molecule has 0 atom stereocenters. The molecule has 0 saturated heterocycles. The Morgan fingerprint density at radius 3 is 2.11 bits per heavy atom. The molecule has 0 heterocycles. The van der Waals surface area contributed by atoms with Gasteiger partial charge in [0.1, 0.15) is 5.60 Å². The van der Waals surface area contributed by atoms with E-state index in [2.05, 4.69) is 5.32 Å². The molecule has 0 spiro atoms. The zero-order valence-electron chi connectivity index (χ0n) is 15.7. The molecule has 0 radical (unpaired) electrons. The Morgan fingerprint density at radius 1 is 1.11 bits per heavy atom. The highest BCUT2D eigenvalue weighted by atomic mass is 32.2. The molecule has 6 nitrogen and oxygen atoms in total. The van der Waals surface area contributed by atoms with Gasteiger partial charge in [-0.15, -0.1) is 0 Å². The number of rotatable bonds is 5. The molecule has 2 bridgehead atoms. The van der Waals surface area contributed by atoms with Crippen molar-refractivity contribution < 1.29 is 35.3 Å². The molecule has 156 valence electrons. The molecule has 0 aliphatic heterocycles. The quantitative estimate of drug-likeness (QED) is 0.731. The van der Waals surface area contributed by atoms with Crippen molar-refractivity contribution in [3.05, 3.63) is 29.8 Å². The molecule has 3 aliphatic carbocycles. The number of hydrogen-bond donors (Lipinski definition) is 1. The Bertz CT molecular complexity index is 852. The van der Waals surface area contributed by atoms with Crippen molar-refractivity contribution in [2.75, 3.05) is 6.61 Å². The third kappa shape index (κ3) is 4.27. The number of benzene rings is 1. The smallest absolute Gasteiger partial charge is 0.416 e. The first kappa shape index (κ1) is 20.9. The van der Waals surface area contributed by atoms with Crippen LogP contribution in [0.15, 0.2) is 29.2 Å². The summed E-state index contributed by atoms with van der Waals surface area (Å²) in [5.41, 5.74) is -2.26. The summed E-state index contributed by atoms with van der Waals surface area (Å²) in [5.74, 6) is 0. The molecule has 10 heteroatoms. The molecule has 0 aromatic heterocycles. The predicted octanol–water partition coefficient (Wildman–Crippen LogP) is 3.86. The van der Waals surface area contributed by atoms with Gasteiger partial charge in [0.15, 0.2) is 0 Å². The lowest BCUT2D eigenvalue weighted by Crippen LogP contribution is -2.76. The van der Waals surface area contributed by atoms with Gasteiger partial charge >= 0.3 is 12.3 Å². The van der Waals surface area contributed by atoms with Gasteiger partial charge in [-0.05, 0) is 64.3 Å². The maximum Gasteiger partial charge on any atom is 0.416 e. The van der Waals surface area contributed by atoms with Gasteiger partial charge < -0.3 is 10.1 Å². The van der Waals surface area contributed by atoms with Crippen LogP contribution in [0.2, 0.25) is 0 Å². The summed E-state index contributed by atoms with van der Waals surface area (Å²) in [7, 11) is -4.15. The minimum atomic E-state index is -4.54. The average Bonchev–Trinajstić information content (AvgIpc) is 2.45. The Balaban J connectivity index is 1.52. The van der Waals surface area contributed by atoms with E-state index in [1.807, 2.05) is 0 Å². The lowest BCUT2D eigenvalue weighted by molar-refractivity contribution is -0.169. The van der Waals surface area contributed by atoms with Crippen LogP contribution >= 0.6 is 0 Å². The number of alkyl halides is 3. The van der Waals surface area contributed by atoms with Gasteiger partial charge in [-0.1, -0.05) is 0 Å². The third-order valence-electron chi connectivity index (χ3n) is 4.90. The maximum absolute atomic E-state index is 12.6. The van der Waals surface area contributed by atoms with E-state index in [1.165, 1.54) is 0 Å². The first-order valence-corrected chi connectivity index (χ1v) is 10.1. The number of alkyl carbamates (subject to hydrolysis) is 1. The second-order valence-corrected chi connectivity index (χ2v) is 10.3. The predicted molar refractivity (Wildman–Crippen MR) is 93.0 cm³/mol. The Labute approximate surface area is 161 Å². The second-order valence-electron chi connectivity index (χ2n) is 8.68. The Hall–Kier alpha value is -1.81. The van der Waals surface area contributed by atoms with Crippen LogP contribution in [0.4, 0.5) is 18.0 Å². The molecule has 28 heavy (non-hydrogen) atoms. The molecule has 1 aromatic carbocycles. The number of halogens is 3. The van der Waals surface area contributed by atoms with Crippen molar-refractivity contribution >= 4 is 16.2 Å². The van der Waals surface area contributed by atoms with E-state index >= 15 is 0 Å². The van der Waals surface area contributed by atoms with Crippen LogP contribution in [-0.4, -0.2) is 32.3 Å². The Kier molecular flexibility index (Phi) is 4.74. The monoisotopic (exact) mass is 421 g/mol. The van der Waals surface area contributed by atoms with Gasteiger partial charge in [-0.25, -0.2) is 4.79 Å². The molecule has 1 aromatic rings. The van der Waals surface area contributed by atoms with Crippen LogP contribution in [-0.2, 0) is 25.2 Å². The van der Waals surface area contributed by atoms with Gasteiger partial charge in [-0.2, -0.15) is 21.6 Å². The second kappa shape index (κ2) is 6.35. The number of nitrogens with one attached hydrogen (secondary N) is 1. The number of amides is 1. The van der Waals surface area contributed by atoms with Gasteiger partial charge in [-0.3, -0.25) is 4.18 Å². The van der Waals surface area contributed by atoms with Crippen molar-refractivity contribution in [2.45, 2.75) is 62.2 Å². The number of hydrogen-bond acceptors (Lipinski definition) is 5. The topological polar surface area (TPSA) is 81.7 Å². The lowest BCUT2D eigenvalue weighted by atomic mass is 9.40. The molecule has 0 unspecified atom stereocenters. The van der Waals surface area contributed by atoms with E-state index in [0.717, 1.165) is 12.1 Å². The number of carbonyl (C=O) groups is 1. The van der Waals surface area contributed by atoms with Crippen molar-refractivity contribution in [3.63, 3.8) is 0 Å². The first-order chi connectivity index (χ1) is 12.6. The van der Waals surface area contributed by atoms with Crippen molar-refractivity contribution in [1.29, 1.82) is 0 Å². The molecule has 3 saturated carbocycles. The van der Waals surface area contributed by atoms with E-state index in [4.69, 9.17) is 8.92 Å². The standard InChI is InChI=1S/C18H22F3NO5S/c1-15(2,3)27-14(23)22-17-8-16(9-17,10-17)11-26-28(24,25)13-6-4-12(5-7-13)18(19,20)21/h4-7H,8-11H2,1-3H3,(H,22,23). The zero-order chi connectivity index (χ0) is 21.0. The van der Waals surface area contributed by atoms with Gasteiger partial charge in [0.2, 0.25) is 0 Å². The maximum atomic E-state index is 12.6. The highest BCUT2D eigenvalue weighted by Crippen LogP contribution is 2.67. The SMILES string of the molecule is CC(C)(C)OC(=O)NC12CC(COS(=O)(=O)c3ccc(C(F)(F)F)cc3)(C1)C2. The summed E-state index contributed by atoms with van der Waals surface area (Å²) < 4.78 is 72.4. The van der Waals surface area contributed by atoms with Gasteiger partial charge in [0.25, 0.3) is 10.1 Å². The highest BCUT2D eigenvalue weighted by Gasteiger charge is 2.69. The van der Waals surface area contributed by atoms with E-state index in [0.29, 0.717) is 31.4 Å². The number of ether oxygens (including phenoxy) is 1. The molecular weight excluding hydrogens is 399 g/mol. The molecule has 1 N–H and O–H groups in total.